The summed E-state index contributed by atoms with van der Waals surface area (Å²) in [5.41, 5.74) is 0. The Labute approximate surface area is 158 Å². The summed E-state index contributed by atoms with van der Waals surface area (Å²) >= 11 is 0. The Morgan fingerprint density at radius 1 is 0.667 bits per heavy atom. The second-order valence-electron chi connectivity index (χ2n) is 5.50. The maximum absolute atomic E-state index is 12.7. The van der Waals surface area contributed by atoms with Crippen molar-refractivity contribution in [2.75, 3.05) is 7.11 Å². The number of rotatable bonds is 6. The number of benzene rings is 3. The second kappa shape index (κ2) is 7.81. The van der Waals surface area contributed by atoms with E-state index in [1.54, 1.807) is 24.3 Å². The molecule has 6 nitrogen and oxygen atoms in total. The van der Waals surface area contributed by atoms with Gasteiger partial charge in [-0.3, -0.25) is 0 Å². The van der Waals surface area contributed by atoms with Crippen molar-refractivity contribution in [1.82, 2.24) is 0 Å². The monoisotopic (exact) mass is 404 g/mol. The van der Waals surface area contributed by atoms with E-state index in [0.29, 0.717) is 17.2 Å². The van der Waals surface area contributed by atoms with Crippen LogP contribution in [0.15, 0.2) is 87.5 Å². The normalized spacial score (nSPS) is 11.3. The zero-order chi connectivity index (χ0) is 19.4. The molecule has 27 heavy (non-hydrogen) atoms. The van der Waals surface area contributed by atoms with E-state index in [1.807, 2.05) is 0 Å². The minimum absolute atomic E-state index is 0.138. The highest BCUT2D eigenvalue weighted by Crippen LogP contribution is 2.27. The number of methoxy groups -OCH3 is 1. The number of ether oxygens (including phenoxy) is 2. The molecule has 0 aliphatic heterocycles. The first-order valence-corrected chi connectivity index (χ1v) is 10.5. The van der Waals surface area contributed by atoms with E-state index in [0.717, 1.165) is 0 Å². The minimum atomic E-state index is -3.65. The molecule has 0 atom stereocenters. The number of sulfone groups is 1. The van der Waals surface area contributed by atoms with E-state index in [-0.39, 0.29) is 14.7 Å². The van der Waals surface area contributed by atoms with Gasteiger partial charge in [-0.15, -0.1) is 0 Å². The smallest absolute Gasteiger partial charge is 0.206 e. The van der Waals surface area contributed by atoms with Gasteiger partial charge in [0.25, 0.3) is 0 Å². The molecule has 140 valence electrons. The third-order valence-electron chi connectivity index (χ3n) is 3.79. The average molecular weight is 404 g/mol. The van der Waals surface area contributed by atoms with Gasteiger partial charge in [0.1, 0.15) is 17.2 Å². The van der Waals surface area contributed by atoms with Gasteiger partial charge in [-0.25, -0.2) is 16.8 Å². The summed E-state index contributed by atoms with van der Waals surface area (Å²) in [6.07, 6.45) is 0. The molecule has 0 fully saturated rings. The highest BCUT2D eigenvalue weighted by atomic mass is 32.2. The average Bonchev–Trinajstić information content (AvgIpc) is 2.69. The third kappa shape index (κ3) is 4.29. The first kappa shape index (κ1) is 18.9. The molecule has 0 spiro atoms. The Hall–Kier alpha value is -2.84. The molecule has 0 N–H and O–H groups in total. The van der Waals surface area contributed by atoms with Gasteiger partial charge in [0.05, 0.1) is 21.8 Å². The van der Waals surface area contributed by atoms with Crippen LogP contribution >= 0.6 is 0 Å². The van der Waals surface area contributed by atoms with Crippen LogP contribution in [0.5, 0.6) is 17.2 Å². The van der Waals surface area contributed by atoms with E-state index in [4.69, 9.17) is 9.47 Å². The van der Waals surface area contributed by atoms with E-state index in [9.17, 15) is 16.8 Å². The number of thiol groups is 1. The lowest BCUT2D eigenvalue weighted by Crippen LogP contribution is -2.01. The Bertz CT molecular complexity index is 1090. The fourth-order valence-electron chi connectivity index (χ4n) is 2.35. The highest BCUT2D eigenvalue weighted by molar-refractivity contribution is 7.91. The lowest BCUT2D eigenvalue weighted by Gasteiger charge is -2.08. The molecule has 3 rings (SSSR count). The van der Waals surface area contributed by atoms with E-state index in [2.05, 4.69) is 0 Å². The van der Waals surface area contributed by atoms with Crippen molar-refractivity contribution in [3.8, 4) is 17.2 Å². The number of hydrogen-bond donors (Lipinski definition) is 1. The molecular formula is C19H16O6S2. The van der Waals surface area contributed by atoms with Crippen LogP contribution in [0.3, 0.4) is 0 Å². The van der Waals surface area contributed by atoms with Crippen molar-refractivity contribution < 1.29 is 26.3 Å². The fraction of sp³-hybridized carbons (Fsp3) is 0.0526. The van der Waals surface area contributed by atoms with Crippen molar-refractivity contribution in [1.29, 1.82) is 0 Å². The van der Waals surface area contributed by atoms with Gasteiger partial charge >= 0.3 is 0 Å². The molecule has 0 aliphatic rings. The molecule has 0 radical (unpaired) electrons. The van der Waals surface area contributed by atoms with Crippen molar-refractivity contribution in [3.63, 3.8) is 0 Å². The lowest BCUT2D eigenvalue weighted by molar-refractivity contribution is 0.414. The molecule has 0 unspecified atom stereocenters. The molecule has 0 aromatic heterocycles. The lowest BCUT2D eigenvalue weighted by atomic mass is 10.3. The van der Waals surface area contributed by atoms with Crippen LogP contribution in [0.4, 0.5) is 0 Å². The summed E-state index contributed by atoms with van der Waals surface area (Å²) in [5, 5.41) is 0. The molecule has 0 amide bonds. The van der Waals surface area contributed by atoms with Gasteiger partial charge in [-0.1, -0.05) is 0 Å². The van der Waals surface area contributed by atoms with Gasteiger partial charge in [0.15, 0.2) is 10.7 Å². The van der Waals surface area contributed by atoms with Crippen LogP contribution in [-0.4, -0.2) is 23.9 Å². The third-order valence-corrected chi connectivity index (χ3v) is 6.29. The standard InChI is InChI=1S/C19H16O6S2/c1-24-14-4-10-18(11-5-14)27(22,23)19-12-6-16(7-13-19)25-15-2-8-17(9-3-15)26(20)21/h2-13,26H,1H3. The van der Waals surface area contributed by atoms with Crippen molar-refractivity contribution in [2.45, 2.75) is 14.7 Å². The Morgan fingerprint density at radius 2 is 1.07 bits per heavy atom. The van der Waals surface area contributed by atoms with Crippen LogP contribution in [0.25, 0.3) is 0 Å². The maximum atomic E-state index is 12.7. The van der Waals surface area contributed by atoms with Gasteiger partial charge < -0.3 is 9.47 Å². The topological polar surface area (TPSA) is 86.7 Å². The zero-order valence-corrected chi connectivity index (χ0v) is 15.9. The van der Waals surface area contributed by atoms with Crippen molar-refractivity contribution in [2.24, 2.45) is 0 Å². The first-order valence-electron chi connectivity index (χ1n) is 7.82. The molecule has 0 aliphatic carbocycles. The fourth-order valence-corrected chi connectivity index (χ4v) is 4.00. The van der Waals surface area contributed by atoms with Crippen molar-refractivity contribution in [3.05, 3.63) is 72.8 Å². The van der Waals surface area contributed by atoms with Gasteiger partial charge in [0.2, 0.25) is 9.84 Å². The number of hydrogen-bond acceptors (Lipinski definition) is 6. The predicted molar refractivity (Wildman–Crippen MR) is 100.0 cm³/mol. The van der Waals surface area contributed by atoms with Crippen LogP contribution in [0, 0.1) is 0 Å². The summed E-state index contributed by atoms with van der Waals surface area (Å²) < 4.78 is 57.7. The Morgan fingerprint density at radius 3 is 1.48 bits per heavy atom. The summed E-state index contributed by atoms with van der Waals surface area (Å²) in [5.74, 6) is 1.45. The summed E-state index contributed by atoms with van der Waals surface area (Å²) in [4.78, 5) is 0.497. The molecule has 3 aromatic carbocycles. The summed E-state index contributed by atoms with van der Waals surface area (Å²) in [6.45, 7) is 0. The molecule has 0 saturated heterocycles. The van der Waals surface area contributed by atoms with Crippen LogP contribution < -0.4 is 9.47 Å². The SMILES string of the molecule is COc1ccc(S(=O)(=O)c2ccc(Oc3ccc([SH](=O)=O)cc3)cc2)cc1. The molecular weight excluding hydrogens is 388 g/mol. The van der Waals surface area contributed by atoms with Crippen LogP contribution in [0.1, 0.15) is 0 Å². The predicted octanol–water partition coefficient (Wildman–Crippen LogP) is 3.29. The van der Waals surface area contributed by atoms with Crippen LogP contribution in [-0.2, 0) is 20.5 Å². The van der Waals surface area contributed by atoms with Crippen LogP contribution in [0.2, 0.25) is 0 Å². The molecule has 3 aromatic rings. The summed E-state index contributed by atoms with van der Waals surface area (Å²) in [6, 6.07) is 18.1. The molecule has 0 saturated carbocycles. The Kier molecular flexibility index (Phi) is 5.48. The summed E-state index contributed by atoms with van der Waals surface area (Å²) in [7, 11) is -4.78. The zero-order valence-electron chi connectivity index (χ0n) is 14.2. The van der Waals surface area contributed by atoms with Crippen molar-refractivity contribution >= 4 is 20.5 Å². The molecule has 8 heteroatoms. The van der Waals surface area contributed by atoms with Gasteiger partial charge in [0, 0.05) is 0 Å². The maximum Gasteiger partial charge on any atom is 0.206 e. The molecule has 0 heterocycles. The first-order chi connectivity index (χ1) is 12.9. The van der Waals surface area contributed by atoms with Gasteiger partial charge in [-0.05, 0) is 72.8 Å². The molecule has 0 bridgehead atoms. The van der Waals surface area contributed by atoms with E-state index >= 15 is 0 Å². The highest BCUT2D eigenvalue weighted by Gasteiger charge is 2.17. The largest absolute Gasteiger partial charge is 0.497 e. The second-order valence-corrected chi connectivity index (χ2v) is 8.48. The van der Waals surface area contributed by atoms with Gasteiger partial charge in [-0.2, -0.15) is 0 Å². The minimum Gasteiger partial charge on any atom is -0.497 e. The van der Waals surface area contributed by atoms with E-state index < -0.39 is 20.5 Å². The Balaban J connectivity index is 1.79. The van der Waals surface area contributed by atoms with E-state index in [1.165, 1.54) is 55.6 Å². The quantitative estimate of drug-likeness (QED) is 0.635.